The Morgan fingerprint density at radius 3 is 2.50 bits per heavy atom. The second-order valence-electron chi connectivity index (χ2n) is 3.68. The van der Waals surface area contributed by atoms with E-state index in [1.54, 1.807) is 6.92 Å². The van der Waals surface area contributed by atoms with Crippen LogP contribution in [-0.4, -0.2) is 16.3 Å². The van der Waals surface area contributed by atoms with Gasteiger partial charge in [-0.15, -0.1) is 0 Å². The summed E-state index contributed by atoms with van der Waals surface area (Å²) in [4.78, 5) is 0. The maximum atomic E-state index is 9.72. The van der Waals surface area contributed by atoms with Crippen molar-refractivity contribution in [2.45, 2.75) is 33.3 Å². The standard InChI is InChI=1S/C11H15BrO2/c1-6-4-10(12)9(5-7(2)13)8(3)11(6)14/h4,7,13-14H,5H2,1-3H3. The molecule has 1 aromatic carbocycles. The number of aliphatic hydroxyl groups excluding tert-OH is 1. The van der Waals surface area contributed by atoms with Crippen molar-refractivity contribution in [1.29, 1.82) is 0 Å². The summed E-state index contributed by atoms with van der Waals surface area (Å²) < 4.78 is 0.950. The number of rotatable bonds is 2. The summed E-state index contributed by atoms with van der Waals surface area (Å²) in [5.41, 5.74) is 2.67. The first kappa shape index (κ1) is 11.5. The highest BCUT2D eigenvalue weighted by Crippen LogP contribution is 2.31. The van der Waals surface area contributed by atoms with Crippen LogP contribution in [0, 0.1) is 13.8 Å². The van der Waals surface area contributed by atoms with E-state index in [-0.39, 0.29) is 0 Å². The van der Waals surface area contributed by atoms with Gasteiger partial charge in [0.25, 0.3) is 0 Å². The number of aryl methyl sites for hydroxylation is 1. The number of phenols is 1. The van der Waals surface area contributed by atoms with Crippen LogP contribution >= 0.6 is 15.9 Å². The van der Waals surface area contributed by atoms with Gasteiger partial charge < -0.3 is 10.2 Å². The number of benzene rings is 1. The van der Waals surface area contributed by atoms with Gasteiger partial charge in [-0.25, -0.2) is 0 Å². The lowest BCUT2D eigenvalue weighted by Gasteiger charge is -2.13. The van der Waals surface area contributed by atoms with Crippen LogP contribution in [0.4, 0.5) is 0 Å². The highest BCUT2D eigenvalue weighted by molar-refractivity contribution is 9.10. The summed E-state index contributed by atoms with van der Waals surface area (Å²) in [6.45, 7) is 5.47. The van der Waals surface area contributed by atoms with Gasteiger partial charge in [-0.2, -0.15) is 0 Å². The molecule has 0 amide bonds. The van der Waals surface area contributed by atoms with Crippen LogP contribution in [0.1, 0.15) is 23.6 Å². The smallest absolute Gasteiger partial charge is 0.121 e. The van der Waals surface area contributed by atoms with Gasteiger partial charge in [0.05, 0.1) is 6.10 Å². The fourth-order valence-electron chi connectivity index (χ4n) is 1.51. The summed E-state index contributed by atoms with van der Waals surface area (Å²) in [6.07, 6.45) is 0.160. The minimum Gasteiger partial charge on any atom is -0.507 e. The van der Waals surface area contributed by atoms with Crippen molar-refractivity contribution in [3.63, 3.8) is 0 Å². The highest BCUT2D eigenvalue weighted by atomic mass is 79.9. The fourth-order valence-corrected chi connectivity index (χ4v) is 2.31. The number of hydrogen-bond acceptors (Lipinski definition) is 2. The Bertz CT molecular complexity index is 346. The molecule has 0 aliphatic carbocycles. The zero-order chi connectivity index (χ0) is 10.9. The van der Waals surface area contributed by atoms with Gasteiger partial charge in [-0.1, -0.05) is 15.9 Å². The van der Waals surface area contributed by atoms with Gasteiger partial charge >= 0.3 is 0 Å². The number of hydrogen-bond donors (Lipinski definition) is 2. The van der Waals surface area contributed by atoms with E-state index in [4.69, 9.17) is 0 Å². The topological polar surface area (TPSA) is 40.5 Å². The molecule has 14 heavy (non-hydrogen) atoms. The Morgan fingerprint density at radius 1 is 1.43 bits per heavy atom. The second kappa shape index (κ2) is 4.32. The van der Waals surface area contributed by atoms with Crippen LogP contribution in [0.2, 0.25) is 0 Å². The molecule has 0 aliphatic rings. The third-order valence-corrected chi connectivity index (χ3v) is 3.02. The number of halogens is 1. The van der Waals surface area contributed by atoms with Crippen LogP contribution in [0.25, 0.3) is 0 Å². The van der Waals surface area contributed by atoms with Gasteiger partial charge in [-0.3, -0.25) is 0 Å². The monoisotopic (exact) mass is 258 g/mol. The fraction of sp³-hybridized carbons (Fsp3) is 0.455. The maximum Gasteiger partial charge on any atom is 0.121 e. The number of phenolic OH excluding ortho intramolecular Hbond substituents is 1. The van der Waals surface area contributed by atoms with Crippen LogP contribution in [0.3, 0.4) is 0 Å². The third-order valence-electron chi connectivity index (χ3n) is 2.31. The molecule has 2 N–H and O–H groups in total. The first-order valence-electron chi connectivity index (χ1n) is 4.59. The molecule has 1 aromatic rings. The minimum absolute atomic E-state index is 0.323. The first-order chi connectivity index (χ1) is 6.43. The third kappa shape index (κ3) is 2.28. The van der Waals surface area contributed by atoms with Crippen molar-refractivity contribution < 1.29 is 10.2 Å². The highest BCUT2D eigenvalue weighted by Gasteiger charge is 2.12. The van der Waals surface area contributed by atoms with Gasteiger partial charge in [-0.05, 0) is 49.9 Å². The van der Waals surface area contributed by atoms with Crippen LogP contribution in [-0.2, 0) is 6.42 Å². The van der Waals surface area contributed by atoms with Crippen molar-refractivity contribution in [2.75, 3.05) is 0 Å². The zero-order valence-electron chi connectivity index (χ0n) is 8.63. The molecule has 1 unspecified atom stereocenters. The van der Waals surface area contributed by atoms with Gasteiger partial charge in [0.2, 0.25) is 0 Å². The first-order valence-corrected chi connectivity index (χ1v) is 5.38. The maximum absolute atomic E-state index is 9.72. The van der Waals surface area contributed by atoms with Gasteiger partial charge in [0.1, 0.15) is 5.75 Å². The van der Waals surface area contributed by atoms with Crippen molar-refractivity contribution in [3.05, 3.63) is 27.2 Å². The molecule has 1 rings (SSSR count). The van der Waals surface area contributed by atoms with E-state index in [1.165, 1.54) is 0 Å². The molecule has 0 fully saturated rings. The number of aliphatic hydroxyl groups is 1. The van der Waals surface area contributed by atoms with E-state index in [0.717, 1.165) is 21.2 Å². The molecule has 0 aliphatic heterocycles. The Balaban J connectivity index is 3.22. The van der Waals surface area contributed by atoms with Crippen LogP contribution in [0.15, 0.2) is 10.5 Å². The lowest BCUT2D eigenvalue weighted by atomic mass is 10.00. The summed E-state index contributed by atoms with van der Waals surface area (Å²) >= 11 is 3.44. The van der Waals surface area contributed by atoms with Crippen LogP contribution in [0.5, 0.6) is 5.75 Å². The predicted octanol–water partition coefficient (Wildman–Crippen LogP) is 2.69. The average Bonchev–Trinajstić information content (AvgIpc) is 2.09. The van der Waals surface area contributed by atoms with Crippen molar-refractivity contribution >= 4 is 15.9 Å². The van der Waals surface area contributed by atoms with E-state index in [0.29, 0.717) is 12.2 Å². The van der Waals surface area contributed by atoms with Crippen LogP contribution < -0.4 is 0 Å². The largest absolute Gasteiger partial charge is 0.507 e. The molecule has 0 radical (unpaired) electrons. The van der Waals surface area contributed by atoms with Gasteiger partial charge in [0, 0.05) is 4.47 Å². The molecule has 0 aromatic heterocycles. The number of aromatic hydroxyl groups is 1. The van der Waals surface area contributed by atoms with Gasteiger partial charge in [0.15, 0.2) is 0 Å². The quantitative estimate of drug-likeness (QED) is 0.857. The summed E-state index contributed by atoms with van der Waals surface area (Å²) in [7, 11) is 0. The predicted molar refractivity (Wildman–Crippen MR) is 60.7 cm³/mol. The molecule has 0 saturated carbocycles. The summed E-state index contributed by atoms with van der Waals surface area (Å²) in [6, 6.07) is 1.88. The lowest BCUT2D eigenvalue weighted by molar-refractivity contribution is 0.195. The minimum atomic E-state index is -0.396. The molecule has 0 heterocycles. The molecule has 2 nitrogen and oxygen atoms in total. The van der Waals surface area contributed by atoms with Crippen molar-refractivity contribution in [1.82, 2.24) is 0 Å². The molecule has 1 atom stereocenters. The van der Waals surface area contributed by atoms with E-state index in [9.17, 15) is 10.2 Å². The molecule has 0 saturated heterocycles. The molecule has 0 spiro atoms. The molecule has 0 bridgehead atoms. The van der Waals surface area contributed by atoms with E-state index >= 15 is 0 Å². The Labute approximate surface area is 92.7 Å². The van der Waals surface area contributed by atoms with E-state index in [1.807, 2.05) is 19.9 Å². The Kier molecular flexibility index (Phi) is 3.56. The van der Waals surface area contributed by atoms with E-state index < -0.39 is 6.10 Å². The Hall–Kier alpha value is -0.540. The molecule has 78 valence electrons. The molecular formula is C11H15BrO2. The summed E-state index contributed by atoms with van der Waals surface area (Å²) in [5.74, 6) is 0.323. The van der Waals surface area contributed by atoms with Crippen molar-refractivity contribution in [2.24, 2.45) is 0 Å². The lowest BCUT2D eigenvalue weighted by Crippen LogP contribution is -2.07. The van der Waals surface area contributed by atoms with Crippen molar-refractivity contribution in [3.8, 4) is 5.75 Å². The van der Waals surface area contributed by atoms with E-state index in [2.05, 4.69) is 15.9 Å². The molecule has 3 heteroatoms. The summed E-state index contributed by atoms with van der Waals surface area (Å²) in [5, 5.41) is 19.0. The second-order valence-corrected chi connectivity index (χ2v) is 4.53. The SMILES string of the molecule is Cc1cc(Br)c(CC(C)O)c(C)c1O. The normalized spacial score (nSPS) is 12.9. The Morgan fingerprint density at radius 2 is 2.00 bits per heavy atom. The zero-order valence-corrected chi connectivity index (χ0v) is 10.2. The molecular weight excluding hydrogens is 244 g/mol. The average molecular weight is 259 g/mol.